The lowest BCUT2D eigenvalue weighted by Crippen LogP contribution is -2.31. The minimum absolute atomic E-state index is 0.0412. The predicted molar refractivity (Wildman–Crippen MR) is 102 cm³/mol. The van der Waals surface area contributed by atoms with Gasteiger partial charge in [0.05, 0.1) is 18.8 Å². The molecule has 5 heteroatoms. The summed E-state index contributed by atoms with van der Waals surface area (Å²) in [5.74, 6) is 2.02. The number of ether oxygens (including phenoxy) is 3. The van der Waals surface area contributed by atoms with Crippen molar-refractivity contribution in [1.82, 2.24) is 5.32 Å². The standard InChI is InChI=1S/C21H27NO4/c1-5-24-18-9-11-19(12-10-18)25-14-21(23)22-16(4)17-7-6-8-20(13-17)26-15(2)3/h6-13,15-16H,5,14H2,1-4H3,(H,22,23). The molecule has 0 saturated heterocycles. The van der Waals surface area contributed by atoms with E-state index in [1.807, 2.05) is 64.1 Å². The van der Waals surface area contributed by atoms with E-state index in [1.165, 1.54) is 0 Å². The fourth-order valence-corrected chi connectivity index (χ4v) is 2.44. The van der Waals surface area contributed by atoms with Gasteiger partial charge in [0.15, 0.2) is 6.61 Å². The van der Waals surface area contributed by atoms with Crippen molar-refractivity contribution in [3.8, 4) is 17.2 Å². The van der Waals surface area contributed by atoms with E-state index >= 15 is 0 Å². The molecule has 0 saturated carbocycles. The van der Waals surface area contributed by atoms with Crippen LogP contribution in [0.5, 0.6) is 17.2 Å². The van der Waals surface area contributed by atoms with Crippen LogP contribution in [0.1, 0.15) is 39.3 Å². The zero-order valence-corrected chi connectivity index (χ0v) is 15.8. The summed E-state index contributed by atoms with van der Waals surface area (Å²) in [5.41, 5.74) is 0.984. The van der Waals surface area contributed by atoms with Gasteiger partial charge >= 0.3 is 0 Å². The molecule has 0 bridgehead atoms. The Morgan fingerprint density at radius 2 is 1.62 bits per heavy atom. The Hall–Kier alpha value is -2.69. The third-order valence-corrected chi connectivity index (χ3v) is 3.61. The van der Waals surface area contributed by atoms with Gasteiger partial charge in [0.2, 0.25) is 0 Å². The van der Waals surface area contributed by atoms with Gasteiger partial charge in [-0.25, -0.2) is 0 Å². The second kappa shape index (κ2) is 9.70. The summed E-state index contributed by atoms with van der Waals surface area (Å²) in [7, 11) is 0. The van der Waals surface area contributed by atoms with Gasteiger partial charge in [-0.2, -0.15) is 0 Å². The van der Waals surface area contributed by atoms with Crippen molar-refractivity contribution in [3.05, 3.63) is 54.1 Å². The molecule has 1 amide bonds. The highest BCUT2D eigenvalue weighted by atomic mass is 16.5. The molecule has 2 aromatic carbocycles. The average Bonchev–Trinajstić information content (AvgIpc) is 2.61. The number of benzene rings is 2. The second-order valence-corrected chi connectivity index (χ2v) is 6.22. The molecule has 1 unspecified atom stereocenters. The Morgan fingerprint density at radius 3 is 2.23 bits per heavy atom. The molecule has 0 aromatic heterocycles. The lowest BCUT2D eigenvalue weighted by molar-refractivity contribution is -0.123. The Labute approximate surface area is 155 Å². The van der Waals surface area contributed by atoms with Crippen LogP contribution < -0.4 is 19.5 Å². The fourth-order valence-electron chi connectivity index (χ4n) is 2.44. The average molecular weight is 357 g/mol. The van der Waals surface area contributed by atoms with Gasteiger partial charge in [-0.05, 0) is 69.7 Å². The third kappa shape index (κ3) is 6.31. The molecule has 0 aliphatic heterocycles. The lowest BCUT2D eigenvalue weighted by atomic mass is 10.1. The highest BCUT2D eigenvalue weighted by molar-refractivity contribution is 5.78. The van der Waals surface area contributed by atoms with Crippen molar-refractivity contribution in [2.45, 2.75) is 39.8 Å². The van der Waals surface area contributed by atoms with Crippen molar-refractivity contribution in [2.24, 2.45) is 0 Å². The maximum atomic E-state index is 12.1. The quantitative estimate of drug-likeness (QED) is 0.733. The molecule has 0 fully saturated rings. The highest BCUT2D eigenvalue weighted by Crippen LogP contribution is 2.20. The summed E-state index contributed by atoms with van der Waals surface area (Å²) in [6.45, 7) is 8.40. The summed E-state index contributed by atoms with van der Waals surface area (Å²) in [6, 6.07) is 14.8. The summed E-state index contributed by atoms with van der Waals surface area (Å²) in [6.07, 6.45) is 0.109. The molecule has 2 rings (SSSR count). The number of rotatable bonds is 9. The van der Waals surface area contributed by atoms with Crippen molar-refractivity contribution in [2.75, 3.05) is 13.2 Å². The normalized spacial score (nSPS) is 11.7. The molecular formula is C21H27NO4. The molecule has 1 atom stereocenters. The third-order valence-electron chi connectivity index (χ3n) is 3.61. The SMILES string of the molecule is CCOc1ccc(OCC(=O)NC(C)c2cccc(OC(C)C)c2)cc1. The van der Waals surface area contributed by atoms with Crippen LogP contribution in [0.2, 0.25) is 0 Å². The Bertz CT molecular complexity index is 697. The first kappa shape index (κ1) is 19.6. The van der Waals surface area contributed by atoms with Gasteiger partial charge in [-0.1, -0.05) is 12.1 Å². The van der Waals surface area contributed by atoms with Crippen molar-refractivity contribution < 1.29 is 19.0 Å². The number of carbonyl (C=O) groups excluding carboxylic acids is 1. The number of nitrogens with one attached hydrogen (secondary N) is 1. The molecule has 0 spiro atoms. The summed E-state index contributed by atoms with van der Waals surface area (Å²) in [4.78, 5) is 12.1. The van der Waals surface area contributed by atoms with Gasteiger partial charge in [0, 0.05) is 0 Å². The van der Waals surface area contributed by atoms with E-state index in [0.717, 1.165) is 17.1 Å². The van der Waals surface area contributed by atoms with E-state index in [4.69, 9.17) is 14.2 Å². The number of carbonyl (C=O) groups is 1. The van der Waals surface area contributed by atoms with Crippen molar-refractivity contribution >= 4 is 5.91 Å². The molecule has 140 valence electrons. The Balaban J connectivity index is 1.85. The van der Waals surface area contributed by atoms with Gasteiger partial charge in [-0.15, -0.1) is 0 Å². The monoisotopic (exact) mass is 357 g/mol. The predicted octanol–water partition coefficient (Wildman–Crippen LogP) is 4.13. The van der Waals surface area contributed by atoms with Crippen molar-refractivity contribution in [3.63, 3.8) is 0 Å². The zero-order valence-electron chi connectivity index (χ0n) is 15.8. The maximum absolute atomic E-state index is 12.1. The fraction of sp³-hybridized carbons (Fsp3) is 0.381. The van der Waals surface area contributed by atoms with Gasteiger partial charge in [-0.3, -0.25) is 4.79 Å². The second-order valence-electron chi connectivity index (χ2n) is 6.22. The molecule has 1 N–H and O–H groups in total. The van der Waals surface area contributed by atoms with Crippen LogP contribution >= 0.6 is 0 Å². The Kier molecular flexibility index (Phi) is 7.33. The van der Waals surface area contributed by atoms with E-state index in [9.17, 15) is 4.79 Å². The lowest BCUT2D eigenvalue weighted by Gasteiger charge is -2.17. The topological polar surface area (TPSA) is 56.8 Å². The van der Waals surface area contributed by atoms with E-state index in [1.54, 1.807) is 12.1 Å². The minimum atomic E-state index is -0.179. The highest BCUT2D eigenvalue weighted by Gasteiger charge is 2.11. The van der Waals surface area contributed by atoms with Gasteiger partial charge < -0.3 is 19.5 Å². The summed E-state index contributed by atoms with van der Waals surface area (Å²) < 4.78 is 16.6. The summed E-state index contributed by atoms with van der Waals surface area (Å²) in [5, 5.41) is 2.93. The van der Waals surface area contributed by atoms with Gasteiger partial charge in [0.1, 0.15) is 17.2 Å². The minimum Gasteiger partial charge on any atom is -0.494 e. The first-order valence-electron chi connectivity index (χ1n) is 8.89. The molecule has 0 radical (unpaired) electrons. The van der Waals surface area contributed by atoms with Crippen LogP contribution in [0.3, 0.4) is 0 Å². The molecule has 0 heterocycles. The smallest absolute Gasteiger partial charge is 0.258 e. The first-order valence-corrected chi connectivity index (χ1v) is 8.89. The van der Waals surface area contributed by atoms with Crippen molar-refractivity contribution in [1.29, 1.82) is 0 Å². The molecule has 2 aromatic rings. The van der Waals surface area contributed by atoms with Crippen LogP contribution in [0.25, 0.3) is 0 Å². The van der Waals surface area contributed by atoms with E-state index < -0.39 is 0 Å². The number of hydrogen-bond donors (Lipinski definition) is 1. The largest absolute Gasteiger partial charge is 0.494 e. The zero-order chi connectivity index (χ0) is 18.9. The molecular weight excluding hydrogens is 330 g/mol. The molecule has 26 heavy (non-hydrogen) atoms. The maximum Gasteiger partial charge on any atom is 0.258 e. The van der Waals surface area contributed by atoms with Crippen LogP contribution in [0.15, 0.2) is 48.5 Å². The van der Waals surface area contributed by atoms with Crippen LogP contribution in [-0.2, 0) is 4.79 Å². The first-order chi connectivity index (χ1) is 12.5. The number of hydrogen-bond acceptors (Lipinski definition) is 4. The van der Waals surface area contributed by atoms with Gasteiger partial charge in [0.25, 0.3) is 5.91 Å². The van der Waals surface area contributed by atoms with Crippen LogP contribution in [0.4, 0.5) is 0 Å². The molecule has 5 nitrogen and oxygen atoms in total. The number of amides is 1. The van der Waals surface area contributed by atoms with E-state index in [-0.39, 0.29) is 24.7 Å². The van der Waals surface area contributed by atoms with E-state index in [0.29, 0.717) is 12.4 Å². The van der Waals surface area contributed by atoms with Crippen LogP contribution in [-0.4, -0.2) is 25.2 Å². The summed E-state index contributed by atoms with van der Waals surface area (Å²) >= 11 is 0. The molecule has 0 aliphatic rings. The van der Waals surface area contributed by atoms with E-state index in [2.05, 4.69) is 5.32 Å². The van der Waals surface area contributed by atoms with Crippen LogP contribution in [0, 0.1) is 0 Å². The Morgan fingerprint density at radius 1 is 0.962 bits per heavy atom. The molecule has 0 aliphatic carbocycles.